The standard InChI is InChI=1S/C11H10Cl2O3/c1-15-10-6-9(13)5-8(7-14)11(10)16-4-2-3-12/h2-3,5-7H,4H2,1H3/b3-2+. The van der Waals surface area contributed by atoms with Crippen LogP contribution in [0.1, 0.15) is 10.4 Å². The summed E-state index contributed by atoms with van der Waals surface area (Å²) in [5, 5.41) is 0.416. The molecule has 0 saturated carbocycles. The molecule has 0 heterocycles. The van der Waals surface area contributed by atoms with Crippen molar-refractivity contribution in [2.75, 3.05) is 13.7 Å². The molecule has 16 heavy (non-hydrogen) atoms. The number of hydrogen-bond acceptors (Lipinski definition) is 3. The summed E-state index contributed by atoms with van der Waals surface area (Å²) in [5.41, 5.74) is 1.68. The summed E-state index contributed by atoms with van der Waals surface area (Å²) >= 11 is 11.2. The highest BCUT2D eigenvalue weighted by molar-refractivity contribution is 6.31. The molecule has 86 valence electrons. The molecule has 0 aliphatic carbocycles. The van der Waals surface area contributed by atoms with Gasteiger partial charge in [-0.3, -0.25) is 4.79 Å². The number of ether oxygens (including phenoxy) is 2. The van der Waals surface area contributed by atoms with E-state index in [9.17, 15) is 4.79 Å². The van der Waals surface area contributed by atoms with Crippen molar-refractivity contribution in [3.05, 3.63) is 34.3 Å². The molecule has 0 spiro atoms. The van der Waals surface area contributed by atoms with Gasteiger partial charge >= 0.3 is 0 Å². The SMILES string of the molecule is COc1cc(Cl)cc(C=O)c1OC/C=C/Cl. The van der Waals surface area contributed by atoms with Gasteiger partial charge in [-0.15, -0.1) is 0 Å². The molecule has 0 atom stereocenters. The van der Waals surface area contributed by atoms with Crippen LogP contribution in [0.5, 0.6) is 11.5 Å². The van der Waals surface area contributed by atoms with E-state index in [1.165, 1.54) is 18.7 Å². The highest BCUT2D eigenvalue weighted by atomic mass is 35.5. The molecule has 1 aromatic carbocycles. The minimum atomic E-state index is 0.252. The van der Waals surface area contributed by atoms with Crippen molar-refractivity contribution in [2.45, 2.75) is 0 Å². The number of hydrogen-bond donors (Lipinski definition) is 0. The van der Waals surface area contributed by atoms with Crippen molar-refractivity contribution in [1.29, 1.82) is 0 Å². The van der Waals surface area contributed by atoms with Crippen LogP contribution in [0.2, 0.25) is 5.02 Å². The van der Waals surface area contributed by atoms with Crippen LogP contribution >= 0.6 is 23.2 Å². The molecule has 0 aliphatic rings. The number of carbonyl (C=O) groups is 1. The normalized spacial score (nSPS) is 10.4. The van der Waals surface area contributed by atoms with Gasteiger partial charge in [0.25, 0.3) is 0 Å². The monoisotopic (exact) mass is 260 g/mol. The highest BCUT2D eigenvalue weighted by Crippen LogP contribution is 2.33. The second-order valence-corrected chi connectivity index (χ2v) is 3.51. The Balaban J connectivity index is 3.06. The van der Waals surface area contributed by atoms with Crippen molar-refractivity contribution >= 4 is 29.5 Å². The van der Waals surface area contributed by atoms with E-state index in [0.29, 0.717) is 28.4 Å². The van der Waals surface area contributed by atoms with Crippen molar-refractivity contribution in [2.24, 2.45) is 0 Å². The summed E-state index contributed by atoms with van der Waals surface area (Å²) in [6, 6.07) is 3.09. The maximum Gasteiger partial charge on any atom is 0.172 e. The zero-order valence-electron chi connectivity index (χ0n) is 8.57. The first-order valence-electron chi connectivity index (χ1n) is 4.43. The van der Waals surface area contributed by atoms with Crippen molar-refractivity contribution < 1.29 is 14.3 Å². The predicted octanol–water partition coefficient (Wildman–Crippen LogP) is 3.29. The van der Waals surface area contributed by atoms with Crippen LogP contribution in [0, 0.1) is 0 Å². The molecular weight excluding hydrogens is 251 g/mol. The van der Waals surface area contributed by atoms with E-state index in [1.54, 1.807) is 12.1 Å². The second-order valence-electron chi connectivity index (χ2n) is 2.82. The lowest BCUT2D eigenvalue weighted by atomic mass is 10.2. The summed E-state index contributed by atoms with van der Waals surface area (Å²) in [6.45, 7) is 0.252. The largest absolute Gasteiger partial charge is 0.493 e. The zero-order valence-corrected chi connectivity index (χ0v) is 10.1. The minimum Gasteiger partial charge on any atom is -0.493 e. The van der Waals surface area contributed by atoms with Crippen LogP contribution in [0.4, 0.5) is 0 Å². The average Bonchev–Trinajstić information content (AvgIpc) is 2.30. The molecule has 0 unspecified atom stereocenters. The number of carbonyl (C=O) groups excluding carboxylic acids is 1. The zero-order chi connectivity index (χ0) is 12.0. The van der Waals surface area contributed by atoms with Crippen LogP contribution < -0.4 is 9.47 Å². The molecule has 0 radical (unpaired) electrons. The van der Waals surface area contributed by atoms with Gasteiger partial charge in [0.15, 0.2) is 17.8 Å². The van der Waals surface area contributed by atoms with E-state index in [0.717, 1.165) is 0 Å². The number of aldehydes is 1. The summed E-state index contributed by atoms with van der Waals surface area (Å²) in [4.78, 5) is 10.8. The first-order valence-corrected chi connectivity index (χ1v) is 5.25. The Hall–Kier alpha value is -1.19. The van der Waals surface area contributed by atoms with Gasteiger partial charge in [-0.25, -0.2) is 0 Å². The summed E-state index contributed by atoms with van der Waals surface area (Å²) < 4.78 is 10.4. The molecule has 0 bridgehead atoms. The third-order valence-electron chi connectivity index (χ3n) is 1.81. The fraction of sp³-hybridized carbons (Fsp3) is 0.182. The molecule has 0 fully saturated rings. The van der Waals surface area contributed by atoms with E-state index < -0.39 is 0 Å². The van der Waals surface area contributed by atoms with Crippen LogP contribution in [-0.2, 0) is 0 Å². The molecule has 1 aromatic rings. The number of benzene rings is 1. The van der Waals surface area contributed by atoms with Gasteiger partial charge in [0.05, 0.1) is 12.7 Å². The van der Waals surface area contributed by atoms with Gasteiger partial charge in [0.1, 0.15) is 6.61 Å². The third kappa shape index (κ3) is 3.15. The van der Waals surface area contributed by atoms with Crippen LogP contribution in [0.15, 0.2) is 23.7 Å². The lowest BCUT2D eigenvalue weighted by molar-refractivity contribution is 0.111. The van der Waals surface area contributed by atoms with Gasteiger partial charge in [-0.1, -0.05) is 23.2 Å². The van der Waals surface area contributed by atoms with E-state index in [-0.39, 0.29) is 6.61 Å². The van der Waals surface area contributed by atoms with Gasteiger partial charge < -0.3 is 9.47 Å². The Morgan fingerprint density at radius 2 is 2.19 bits per heavy atom. The minimum absolute atomic E-state index is 0.252. The first-order chi connectivity index (χ1) is 7.72. The maximum atomic E-state index is 10.8. The Kier molecular flexibility index (Phi) is 5.15. The fourth-order valence-corrected chi connectivity index (χ4v) is 1.44. The van der Waals surface area contributed by atoms with Crippen LogP contribution in [-0.4, -0.2) is 20.0 Å². The second kappa shape index (κ2) is 6.40. The van der Waals surface area contributed by atoms with Gasteiger partial charge in [0, 0.05) is 16.6 Å². The molecule has 0 aliphatic heterocycles. The van der Waals surface area contributed by atoms with Gasteiger partial charge in [-0.05, 0) is 12.1 Å². The number of rotatable bonds is 5. The Bertz CT molecular complexity index is 402. The molecule has 0 amide bonds. The summed E-state index contributed by atoms with van der Waals surface area (Å²) in [5.74, 6) is 0.772. The van der Waals surface area contributed by atoms with E-state index in [4.69, 9.17) is 32.7 Å². The van der Waals surface area contributed by atoms with E-state index in [2.05, 4.69) is 0 Å². The van der Waals surface area contributed by atoms with Gasteiger partial charge in [-0.2, -0.15) is 0 Å². The molecular formula is C11H10Cl2O3. The van der Waals surface area contributed by atoms with Crippen molar-refractivity contribution in [3.63, 3.8) is 0 Å². The first kappa shape index (κ1) is 12.9. The molecule has 0 saturated heterocycles. The lowest BCUT2D eigenvalue weighted by Gasteiger charge is -2.11. The molecule has 1 rings (SSSR count). The summed E-state index contributed by atoms with van der Waals surface area (Å²) in [6.07, 6.45) is 2.26. The Morgan fingerprint density at radius 3 is 2.75 bits per heavy atom. The smallest absolute Gasteiger partial charge is 0.172 e. The topological polar surface area (TPSA) is 35.5 Å². The van der Waals surface area contributed by atoms with Crippen molar-refractivity contribution in [3.8, 4) is 11.5 Å². The quantitative estimate of drug-likeness (QED) is 0.763. The average molecular weight is 261 g/mol. The number of methoxy groups -OCH3 is 1. The maximum absolute atomic E-state index is 10.8. The van der Waals surface area contributed by atoms with E-state index >= 15 is 0 Å². The fourth-order valence-electron chi connectivity index (χ4n) is 1.15. The van der Waals surface area contributed by atoms with Crippen LogP contribution in [0.3, 0.4) is 0 Å². The number of halogens is 2. The molecule has 5 heteroatoms. The Labute approximate surface area is 104 Å². The van der Waals surface area contributed by atoms with E-state index in [1.807, 2.05) is 0 Å². The molecule has 3 nitrogen and oxygen atoms in total. The third-order valence-corrected chi connectivity index (χ3v) is 2.20. The van der Waals surface area contributed by atoms with Gasteiger partial charge in [0.2, 0.25) is 0 Å². The lowest BCUT2D eigenvalue weighted by Crippen LogP contribution is -2.00. The molecule has 0 aromatic heterocycles. The highest BCUT2D eigenvalue weighted by Gasteiger charge is 2.11. The van der Waals surface area contributed by atoms with Crippen molar-refractivity contribution in [1.82, 2.24) is 0 Å². The Morgan fingerprint density at radius 1 is 1.44 bits per heavy atom. The molecule has 0 N–H and O–H groups in total. The summed E-state index contributed by atoms with van der Waals surface area (Å²) in [7, 11) is 1.48. The predicted molar refractivity (Wildman–Crippen MR) is 63.9 cm³/mol. The van der Waals surface area contributed by atoms with Crippen LogP contribution in [0.25, 0.3) is 0 Å².